The molecule has 7 nitrogen and oxygen atoms in total. The van der Waals surface area contributed by atoms with E-state index in [-0.39, 0.29) is 23.8 Å². The van der Waals surface area contributed by atoms with Crippen LogP contribution in [0.5, 0.6) is 0 Å². The maximum Gasteiger partial charge on any atom is 0.228 e. The Balaban J connectivity index is 1.77. The zero-order valence-corrected chi connectivity index (χ0v) is 13.1. The highest BCUT2D eigenvalue weighted by Crippen LogP contribution is 2.26. The second-order valence-corrected chi connectivity index (χ2v) is 6.33. The predicted molar refractivity (Wildman–Crippen MR) is 81.9 cm³/mol. The average Bonchev–Trinajstić information content (AvgIpc) is 3.07. The Morgan fingerprint density at radius 1 is 1.41 bits per heavy atom. The van der Waals surface area contributed by atoms with E-state index >= 15 is 0 Å². The summed E-state index contributed by atoms with van der Waals surface area (Å²) >= 11 is 0. The summed E-state index contributed by atoms with van der Waals surface area (Å²) in [6.45, 7) is 3.83. The quantitative estimate of drug-likeness (QED) is 0.785. The molecule has 22 heavy (non-hydrogen) atoms. The Labute approximate surface area is 129 Å². The summed E-state index contributed by atoms with van der Waals surface area (Å²) in [4.78, 5) is 24.1. The Morgan fingerprint density at radius 3 is 2.82 bits per heavy atom. The van der Waals surface area contributed by atoms with Crippen molar-refractivity contribution in [2.24, 2.45) is 5.92 Å². The number of carbonyl (C=O) groups is 2. The van der Waals surface area contributed by atoms with Crippen molar-refractivity contribution >= 4 is 17.6 Å². The van der Waals surface area contributed by atoms with Crippen molar-refractivity contribution in [1.29, 1.82) is 0 Å². The first-order valence-corrected chi connectivity index (χ1v) is 7.95. The van der Waals surface area contributed by atoms with Gasteiger partial charge in [-0.3, -0.25) is 14.9 Å². The molecule has 0 aromatic carbocycles. The van der Waals surface area contributed by atoms with Gasteiger partial charge < -0.3 is 10.6 Å². The molecule has 1 aliphatic carbocycles. The first kappa shape index (κ1) is 15.0. The molecule has 0 radical (unpaired) electrons. The highest BCUT2D eigenvalue weighted by molar-refractivity contribution is 5.92. The maximum atomic E-state index is 12.3. The van der Waals surface area contributed by atoms with Gasteiger partial charge in [0.1, 0.15) is 5.82 Å². The van der Waals surface area contributed by atoms with Gasteiger partial charge in [-0.2, -0.15) is 5.10 Å². The van der Waals surface area contributed by atoms with E-state index in [1.807, 2.05) is 19.9 Å². The fourth-order valence-electron chi connectivity index (χ4n) is 3.21. The molecule has 0 bridgehead atoms. The van der Waals surface area contributed by atoms with Crippen molar-refractivity contribution in [3.63, 3.8) is 0 Å². The predicted octanol–water partition coefficient (Wildman–Crippen LogP) is 1.27. The van der Waals surface area contributed by atoms with Crippen molar-refractivity contribution in [2.45, 2.75) is 58.3 Å². The number of hydrogen-bond acceptors (Lipinski definition) is 4. The van der Waals surface area contributed by atoms with Crippen molar-refractivity contribution in [3.8, 4) is 0 Å². The number of amides is 2. The van der Waals surface area contributed by atoms with Gasteiger partial charge in [0.2, 0.25) is 11.8 Å². The molecule has 1 aliphatic heterocycles. The zero-order chi connectivity index (χ0) is 15.7. The number of carbonyl (C=O) groups excluding carboxylic acids is 2. The molecule has 2 atom stereocenters. The third kappa shape index (κ3) is 3.14. The minimum atomic E-state index is -0.427. The van der Waals surface area contributed by atoms with Gasteiger partial charge in [-0.25, -0.2) is 4.68 Å². The molecule has 3 rings (SSSR count). The van der Waals surface area contributed by atoms with E-state index in [2.05, 4.69) is 21.0 Å². The van der Waals surface area contributed by atoms with E-state index in [1.54, 1.807) is 4.68 Å². The van der Waals surface area contributed by atoms with Crippen LogP contribution < -0.4 is 16.0 Å². The van der Waals surface area contributed by atoms with E-state index in [0.29, 0.717) is 12.2 Å². The minimum Gasteiger partial charge on any atom is -0.322 e. The zero-order valence-electron chi connectivity index (χ0n) is 13.1. The third-order valence-corrected chi connectivity index (χ3v) is 4.31. The van der Waals surface area contributed by atoms with E-state index in [1.165, 1.54) is 0 Å². The van der Waals surface area contributed by atoms with Crippen LogP contribution >= 0.6 is 0 Å². The van der Waals surface area contributed by atoms with Gasteiger partial charge in [-0.05, 0) is 26.7 Å². The molecule has 2 amide bonds. The molecule has 3 N–H and O–H groups in total. The monoisotopic (exact) mass is 305 g/mol. The van der Waals surface area contributed by atoms with Crippen LogP contribution in [0.2, 0.25) is 0 Å². The van der Waals surface area contributed by atoms with Crippen molar-refractivity contribution in [1.82, 2.24) is 20.4 Å². The molecule has 7 heteroatoms. The van der Waals surface area contributed by atoms with Gasteiger partial charge >= 0.3 is 0 Å². The van der Waals surface area contributed by atoms with Crippen molar-refractivity contribution in [2.75, 3.05) is 5.32 Å². The van der Waals surface area contributed by atoms with Crippen LogP contribution in [0.1, 0.15) is 51.0 Å². The van der Waals surface area contributed by atoms with Crippen molar-refractivity contribution in [3.05, 3.63) is 11.8 Å². The van der Waals surface area contributed by atoms with Crippen molar-refractivity contribution < 1.29 is 9.59 Å². The number of rotatable bonds is 3. The van der Waals surface area contributed by atoms with Gasteiger partial charge in [0.15, 0.2) is 6.29 Å². The van der Waals surface area contributed by atoms with Crippen LogP contribution in [0, 0.1) is 12.8 Å². The van der Waals surface area contributed by atoms with Crippen LogP contribution in [0.3, 0.4) is 0 Å². The number of nitrogens with one attached hydrogen (secondary N) is 3. The average molecular weight is 305 g/mol. The van der Waals surface area contributed by atoms with Crippen LogP contribution in [0.15, 0.2) is 6.07 Å². The summed E-state index contributed by atoms with van der Waals surface area (Å²) in [6, 6.07) is 1.90. The summed E-state index contributed by atoms with van der Waals surface area (Å²) < 4.78 is 1.65. The standard InChI is InChI=1S/C15H23N5O2/c1-9-8-13(21)18-15(16-9)20-12(7-10(2)19-20)17-14(22)11-5-3-4-6-11/h7,9,11,15-16H,3-6,8H2,1-2H3,(H,17,22)(H,18,21). The first-order valence-electron chi connectivity index (χ1n) is 7.95. The fourth-order valence-corrected chi connectivity index (χ4v) is 3.21. The Hall–Kier alpha value is -1.89. The number of nitrogens with zero attached hydrogens (tertiary/aromatic N) is 2. The molecule has 0 spiro atoms. The summed E-state index contributed by atoms with van der Waals surface area (Å²) in [5, 5.41) is 13.5. The van der Waals surface area contributed by atoms with Gasteiger partial charge in [0.25, 0.3) is 0 Å². The Kier molecular flexibility index (Phi) is 4.15. The van der Waals surface area contributed by atoms with E-state index < -0.39 is 6.29 Å². The van der Waals surface area contributed by atoms with Gasteiger partial charge in [0.05, 0.1) is 5.69 Å². The maximum absolute atomic E-state index is 12.3. The number of aryl methyl sites for hydroxylation is 1. The van der Waals surface area contributed by atoms with Gasteiger partial charge in [0, 0.05) is 24.4 Å². The molecule has 1 saturated carbocycles. The number of aromatic nitrogens is 2. The fraction of sp³-hybridized carbons (Fsp3) is 0.667. The molecule has 1 aromatic heterocycles. The lowest BCUT2D eigenvalue weighted by Gasteiger charge is -2.30. The lowest BCUT2D eigenvalue weighted by molar-refractivity contribution is -0.125. The lowest BCUT2D eigenvalue weighted by Crippen LogP contribution is -2.52. The van der Waals surface area contributed by atoms with Crippen LogP contribution in [-0.4, -0.2) is 27.6 Å². The number of hydrogen-bond donors (Lipinski definition) is 3. The second kappa shape index (κ2) is 6.08. The van der Waals surface area contributed by atoms with E-state index in [4.69, 9.17) is 0 Å². The normalized spacial score (nSPS) is 26.0. The van der Waals surface area contributed by atoms with Crippen LogP contribution in [0.25, 0.3) is 0 Å². The molecule has 1 aromatic rings. The molecule has 2 aliphatic rings. The first-order chi connectivity index (χ1) is 10.5. The number of anilines is 1. The molecule has 120 valence electrons. The van der Waals surface area contributed by atoms with Crippen LogP contribution in [0.4, 0.5) is 5.82 Å². The molecule has 1 saturated heterocycles. The van der Waals surface area contributed by atoms with Gasteiger partial charge in [-0.15, -0.1) is 0 Å². The topological polar surface area (TPSA) is 88.0 Å². The second-order valence-electron chi connectivity index (χ2n) is 6.33. The molecule has 2 heterocycles. The highest BCUT2D eigenvalue weighted by atomic mass is 16.2. The van der Waals surface area contributed by atoms with E-state index in [9.17, 15) is 9.59 Å². The molecule has 2 unspecified atom stereocenters. The van der Waals surface area contributed by atoms with Gasteiger partial charge in [-0.1, -0.05) is 12.8 Å². The largest absolute Gasteiger partial charge is 0.322 e. The lowest BCUT2D eigenvalue weighted by atomic mass is 10.1. The smallest absolute Gasteiger partial charge is 0.228 e. The summed E-state index contributed by atoms with van der Waals surface area (Å²) in [5.74, 6) is 0.754. The summed E-state index contributed by atoms with van der Waals surface area (Å²) in [7, 11) is 0. The third-order valence-electron chi connectivity index (χ3n) is 4.31. The minimum absolute atomic E-state index is 0.0162. The Bertz CT molecular complexity index is 576. The van der Waals surface area contributed by atoms with Crippen LogP contribution in [-0.2, 0) is 9.59 Å². The summed E-state index contributed by atoms with van der Waals surface area (Å²) in [6.07, 6.45) is 4.16. The highest BCUT2D eigenvalue weighted by Gasteiger charge is 2.28. The SMILES string of the molecule is Cc1cc(NC(=O)C2CCCC2)n(C2NC(=O)CC(C)N2)n1. The molecular weight excluding hydrogens is 282 g/mol. The van der Waals surface area contributed by atoms with E-state index in [0.717, 1.165) is 31.4 Å². The Morgan fingerprint density at radius 2 is 2.14 bits per heavy atom. The molecular formula is C15H23N5O2. The summed E-state index contributed by atoms with van der Waals surface area (Å²) in [5.41, 5.74) is 0.802. The molecule has 2 fully saturated rings.